The zero-order chi connectivity index (χ0) is 15.0. The molecular formula is C15H27IN4O. The normalized spacial score (nSPS) is 11.8. The van der Waals surface area contributed by atoms with Crippen LogP contribution in [0.4, 0.5) is 0 Å². The van der Waals surface area contributed by atoms with Gasteiger partial charge in [0.05, 0.1) is 17.8 Å². The van der Waals surface area contributed by atoms with E-state index in [1.165, 1.54) is 0 Å². The van der Waals surface area contributed by atoms with Gasteiger partial charge in [0.2, 0.25) is 0 Å². The molecule has 1 heterocycles. The maximum absolute atomic E-state index is 5.39. The highest BCUT2D eigenvalue weighted by atomic mass is 127. The first kappa shape index (κ1) is 20.1. The summed E-state index contributed by atoms with van der Waals surface area (Å²) in [5.74, 6) is 0.780. The summed E-state index contributed by atoms with van der Waals surface area (Å²) in [6.07, 6.45) is 1.80. The van der Waals surface area contributed by atoms with E-state index in [2.05, 4.69) is 20.6 Å². The molecule has 0 atom stereocenters. The number of nitrogens with zero attached hydrogens (tertiary/aromatic N) is 2. The molecule has 0 unspecified atom stereocenters. The van der Waals surface area contributed by atoms with Gasteiger partial charge in [-0.05, 0) is 39.3 Å². The third-order valence-corrected chi connectivity index (χ3v) is 3.08. The molecule has 0 bridgehead atoms. The molecule has 1 rings (SSSR count). The average molecular weight is 406 g/mol. The summed E-state index contributed by atoms with van der Waals surface area (Å²) in [4.78, 5) is 8.91. The molecule has 0 fully saturated rings. The number of hydrogen-bond acceptors (Lipinski definition) is 3. The summed E-state index contributed by atoms with van der Waals surface area (Å²) in [5.41, 5.74) is 1.93. The summed E-state index contributed by atoms with van der Waals surface area (Å²) >= 11 is 0. The van der Waals surface area contributed by atoms with E-state index in [1.807, 2.05) is 39.8 Å². The van der Waals surface area contributed by atoms with E-state index < -0.39 is 0 Å². The molecule has 5 nitrogen and oxygen atoms in total. The van der Waals surface area contributed by atoms with Crippen LogP contribution in [0.3, 0.4) is 0 Å². The van der Waals surface area contributed by atoms with Gasteiger partial charge < -0.3 is 15.4 Å². The van der Waals surface area contributed by atoms with Crippen LogP contribution in [0.5, 0.6) is 0 Å². The van der Waals surface area contributed by atoms with Crippen LogP contribution in [0.1, 0.15) is 32.0 Å². The monoisotopic (exact) mass is 406 g/mol. The number of aryl methyl sites for hydroxylation is 1. The summed E-state index contributed by atoms with van der Waals surface area (Å²) in [7, 11) is 1.71. The van der Waals surface area contributed by atoms with E-state index >= 15 is 0 Å². The molecule has 1 aromatic heterocycles. The molecule has 0 aliphatic carbocycles. The molecule has 0 saturated carbocycles. The zero-order valence-corrected chi connectivity index (χ0v) is 15.9. The topological polar surface area (TPSA) is 58.5 Å². The molecule has 2 N–H and O–H groups in total. The average Bonchev–Trinajstić information content (AvgIpc) is 2.43. The Balaban J connectivity index is 0.00000400. The van der Waals surface area contributed by atoms with Crippen LogP contribution in [0.15, 0.2) is 23.3 Å². The van der Waals surface area contributed by atoms with Crippen molar-refractivity contribution in [2.24, 2.45) is 4.99 Å². The zero-order valence-electron chi connectivity index (χ0n) is 13.6. The number of guanidine groups is 1. The number of halogens is 1. The summed E-state index contributed by atoms with van der Waals surface area (Å²) < 4.78 is 5.39. The summed E-state index contributed by atoms with van der Waals surface area (Å²) in [5, 5.41) is 6.51. The van der Waals surface area contributed by atoms with Crippen molar-refractivity contribution in [3.63, 3.8) is 0 Å². The fourth-order valence-electron chi connectivity index (χ4n) is 1.55. The highest BCUT2D eigenvalue weighted by molar-refractivity contribution is 14.0. The van der Waals surface area contributed by atoms with Gasteiger partial charge in [0, 0.05) is 26.4 Å². The van der Waals surface area contributed by atoms with Crippen molar-refractivity contribution in [2.45, 2.75) is 39.8 Å². The number of hydrogen-bond donors (Lipinski definition) is 2. The smallest absolute Gasteiger partial charge is 0.191 e. The van der Waals surface area contributed by atoms with E-state index in [0.717, 1.165) is 23.8 Å². The summed E-state index contributed by atoms with van der Waals surface area (Å²) in [6.45, 7) is 10.2. The van der Waals surface area contributed by atoms with Gasteiger partial charge in [-0.2, -0.15) is 0 Å². The lowest BCUT2D eigenvalue weighted by molar-refractivity contribution is 0.0268. The van der Waals surface area contributed by atoms with Crippen LogP contribution >= 0.6 is 24.0 Å². The molecule has 0 aliphatic rings. The minimum atomic E-state index is -0.225. The van der Waals surface area contributed by atoms with Gasteiger partial charge in [0.25, 0.3) is 0 Å². The second kappa shape index (κ2) is 9.94. The molecule has 0 aliphatic heterocycles. The number of methoxy groups -OCH3 is 1. The predicted octanol–water partition coefficient (Wildman–Crippen LogP) is 2.49. The van der Waals surface area contributed by atoms with Gasteiger partial charge in [0.1, 0.15) is 0 Å². The number of aliphatic imine (C=N–C) groups is 1. The van der Waals surface area contributed by atoms with Crippen LogP contribution in [0, 0.1) is 6.92 Å². The minimum Gasteiger partial charge on any atom is -0.377 e. The molecule has 0 spiro atoms. The van der Waals surface area contributed by atoms with Crippen molar-refractivity contribution in [1.29, 1.82) is 0 Å². The summed E-state index contributed by atoms with van der Waals surface area (Å²) in [6, 6.07) is 3.99. The molecule has 0 saturated heterocycles. The Morgan fingerprint density at radius 2 is 2.10 bits per heavy atom. The van der Waals surface area contributed by atoms with Gasteiger partial charge in [-0.15, -0.1) is 24.0 Å². The lowest BCUT2D eigenvalue weighted by Gasteiger charge is -2.24. The second-order valence-electron chi connectivity index (χ2n) is 5.28. The van der Waals surface area contributed by atoms with E-state index in [9.17, 15) is 0 Å². The Bertz CT molecular complexity index is 449. The molecule has 6 heteroatoms. The van der Waals surface area contributed by atoms with Gasteiger partial charge in [-0.3, -0.25) is 4.98 Å². The van der Waals surface area contributed by atoms with E-state index in [1.54, 1.807) is 13.3 Å². The van der Waals surface area contributed by atoms with Crippen LogP contribution in [0.2, 0.25) is 0 Å². The number of aromatic nitrogens is 1. The fraction of sp³-hybridized carbons (Fsp3) is 0.600. The molecule has 21 heavy (non-hydrogen) atoms. The molecule has 0 amide bonds. The minimum absolute atomic E-state index is 0. The quantitative estimate of drug-likeness (QED) is 0.433. The maximum Gasteiger partial charge on any atom is 0.191 e. The van der Waals surface area contributed by atoms with Crippen LogP contribution in [0.25, 0.3) is 0 Å². The van der Waals surface area contributed by atoms with Crippen molar-refractivity contribution in [1.82, 2.24) is 15.6 Å². The Morgan fingerprint density at radius 1 is 1.38 bits per heavy atom. The standard InChI is InChI=1S/C15H26N4O.HI/c1-6-16-14(19-11-15(3,4)20-5)18-10-13-12(2)8-7-9-17-13;/h7-9H,6,10-11H2,1-5H3,(H2,16,18,19);1H. The van der Waals surface area contributed by atoms with Crippen molar-refractivity contribution in [3.05, 3.63) is 29.6 Å². The van der Waals surface area contributed by atoms with Crippen molar-refractivity contribution >= 4 is 29.9 Å². The first-order valence-corrected chi connectivity index (χ1v) is 6.96. The Hall–Kier alpha value is -0.890. The number of nitrogens with one attached hydrogen (secondary N) is 2. The van der Waals surface area contributed by atoms with Gasteiger partial charge in [-0.1, -0.05) is 6.07 Å². The van der Waals surface area contributed by atoms with Crippen molar-refractivity contribution in [2.75, 3.05) is 20.2 Å². The Labute approximate surface area is 145 Å². The van der Waals surface area contributed by atoms with E-state index in [0.29, 0.717) is 13.1 Å². The first-order chi connectivity index (χ1) is 9.48. The Morgan fingerprint density at radius 3 is 2.67 bits per heavy atom. The first-order valence-electron chi connectivity index (χ1n) is 6.96. The van der Waals surface area contributed by atoms with Crippen molar-refractivity contribution in [3.8, 4) is 0 Å². The largest absolute Gasteiger partial charge is 0.377 e. The number of rotatable bonds is 6. The predicted molar refractivity (Wildman–Crippen MR) is 98.3 cm³/mol. The van der Waals surface area contributed by atoms with Crippen molar-refractivity contribution < 1.29 is 4.74 Å². The molecule has 120 valence electrons. The molecule has 0 aromatic carbocycles. The van der Waals surface area contributed by atoms with E-state index in [4.69, 9.17) is 4.74 Å². The lowest BCUT2D eigenvalue weighted by atomic mass is 10.1. The maximum atomic E-state index is 5.39. The van der Waals surface area contributed by atoms with Gasteiger partial charge >= 0.3 is 0 Å². The second-order valence-corrected chi connectivity index (χ2v) is 5.28. The lowest BCUT2D eigenvalue weighted by Crippen LogP contribution is -2.45. The van der Waals surface area contributed by atoms with Crippen LogP contribution < -0.4 is 10.6 Å². The van der Waals surface area contributed by atoms with Crippen LogP contribution in [-0.2, 0) is 11.3 Å². The number of ether oxygens (including phenoxy) is 1. The SMILES string of the molecule is CCNC(=NCc1ncccc1C)NCC(C)(C)OC.I. The Kier molecular flexibility index (Phi) is 9.52. The molecule has 0 radical (unpaired) electrons. The highest BCUT2D eigenvalue weighted by Gasteiger charge is 2.16. The molecule has 1 aromatic rings. The number of pyridine rings is 1. The van der Waals surface area contributed by atoms with Crippen LogP contribution in [-0.4, -0.2) is 36.7 Å². The highest BCUT2D eigenvalue weighted by Crippen LogP contribution is 2.06. The fourth-order valence-corrected chi connectivity index (χ4v) is 1.55. The van der Waals surface area contributed by atoms with Gasteiger partial charge in [0.15, 0.2) is 5.96 Å². The van der Waals surface area contributed by atoms with E-state index in [-0.39, 0.29) is 29.6 Å². The third kappa shape index (κ3) is 7.61. The third-order valence-electron chi connectivity index (χ3n) is 3.08. The van der Waals surface area contributed by atoms with Gasteiger partial charge in [-0.25, -0.2) is 4.99 Å². The molecular weight excluding hydrogens is 379 g/mol.